The molecule has 0 spiro atoms. The van der Waals surface area contributed by atoms with Crippen molar-refractivity contribution in [3.8, 4) is 17.2 Å². The third-order valence-corrected chi connectivity index (χ3v) is 8.46. The highest BCUT2D eigenvalue weighted by atomic mass is 127. The van der Waals surface area contributed by atoms with Crippen molar-refractivity contribution in [2.75, 3.05) is 18.5 Å². The molecular formula is C33H30IN3O6S. The van der Waals surface area contributed by atoms with Gasteiger partial charge in [-0.25, -0.2) is 4.99 Å². The highest BCUT2D eigenvalue weighted by Crippen LogP contribution is 2.35. The van der Waals surface area contributed by atoms with Gasteiger partial charge in [0.2, 0.25) is 0 Å². The van der Waals surface area contributed by atoms with E-state index in [1.165, 1.54) is 18.3 Å². The standard InChI is InChI=1S/C33H30IN3O6S/c1-5-41-24-14-12-22(13-15-24)29-28(31(39)36-23-10-8-7-9-11-23)19(3)35-33-37(29)32(40)27(44-33)18-21-16-25(34)30(43-20(4)38)26(17-21)42-6-2/h7-18,29H,5-6H2,1-4H3,(H,36,39)/b27-18-/t29-/m1/s1. The molecule has 2 heterocycles. The molecule has 5 rings (SSSR count). The van der Waals surface area contributed by atoms with Crippen molar-refractivity contribution in [1.29, 1.82) is 0 Å². The summed E-state index contributed by atoms with van der Waals surface area (Å²) < 4.78 is 19.4. The second-order valence-corrected chi connectivity index (χ2v) is 11.9. The molecule has 1 atom stereocenters. The van der Waals surface area contributed by atoms with Gasteiger partial charge in [0.15, 0.2) is 16.3 Å². The lowest BCUT2D eigenvalue weighted by Gasteiger charge is -2.25. The molecule has 0 radical (unpaired) electrons. The molecule has 0 aliphatic carbocycles. The number of aromatic nitrogens is 1. The first-order chi connectivity index (χ1) is 21.2. The number of para-hydroxylation sites is 1. The van der Waals surface area contributed by atoms with E-state index in [4.69, 9.17) is 19.2 Å². The van der Waals surface area contributed by atoms with Gasteiger partial charge >= 0.3 is 5.97 Å². The predicted molar refractivity (Wildman–Crippen MR) is 178 cm³/mol. The molecule has 1 aliphatic rings. The van der Waals surface area contributed by atoms with Crippen LogP contribution in [0.5, 0.6) is 17.2 Å². The van der Waals surface area contributed by atoms with Crippen molar-refractivity contribution in [3.63, 3.8) is 0 Å². The maximum atomic E-state index is 14.1. The molecular weight excluding hydrogens is 693 g/mol. The molecule has 0 unspecified atom stereocenters. The maximum Gasteiger partial charge on any atom is 0.308 e. The molecule has 11 heteroatoms. The Morgan fingerprint density at radius 2 is 1.75 bits per heavy atom. The predicted octanol–water partition coefficient (Wildman–Crippen LogP) is 5.20. The number of ether oxygens (including phenoxy) is 3. The van der Waals surface area contributed by atoms with Crippen LogP contribution in [0.3, 0.4) is 0 Å². The third kappa shape index (κ3) is 6.63. The van der Waals surface area contributed by atoms with Gasteiger partial charge in [0.25, 0.3) is 11.5 Å². The number of hydrogen-bond acceptors (Lipinski definition) is 8. The molecule has 0 saturated carbocycles. The van der Waals surface area contributed by atoms with E-state index in [2.05, 4.69) is 27.9 Å². The number of amides is 1. The number of allylic oxidation sites excluding steroid dienone is 1. The number of carbonyl (C=O) groups excluding carboxylic acids is 2. The number of fused-ring (bicyclic) bond motifs is 1. The summed E-state index contributed by atoms with van der Waals surface area (Å²) in [6.45, 7) is 7.74. The van der Waals surface area contributed by atoms with Gasteiger partial charge in [0.1, 0.15) is 5.75 Å². The summed E-state index contributed by atoms with van der Waals surface area (Å²) in [5.74, 6) is 0.621. The van der Waals surface area contributed by atoms with Crippen molar-refractivity contribution < 1.29 is 23.8 Å². The SMILES string of the molecule is CCOc1ccc([C@@H]2C(C(=O)Nc3ccccc3)=C(C)N=c3s/c(=C\c4cc(I)c(OC(C)=O)c(OCC)c4)c(=O)n32)cc1. The van der Waals surface area contributed by atoms with Crippen LogP contribution in [0.1, 0.15) is 44.9 Å². The van der Waals surface area contributed by atoms with Gasteiger partial charge < -0.3 is 19.5 Å². The van der Waals surface area contributed by atoms with Crippen LogP contribution in [-0.4, -0.2) is 29.7 Å². The summed E-state index contributed by atoms with van der Waals surface area (Å²) in [4.78, 5) is 44.8. The lowest BCUT2D eigenvalue weighted by Crippen LogP contribution is -2.40. The van der Waals surface area contributed by atoms with Gasteiger partial charge in [-0.15, -0.1) is 0 Å². The molecule has 0 bridgehead atoms. The van der Waals surface area contributed by atoms with Gasteiger partial charge in [0, 0.05) is 12.6 Å². The van der Waals surface area contributed by atoms with Crippen LogP contribution in [0.25, 0.3) is 6.08 Å². The summed E-state index contributed by atoms with van der Waals surface area (Å²) in [7, 11) is 0. The van der Waals surface area contributed by atoms with E-state index in [1.54, 1.807) is 35.8 Å². The van der Waals surface area contributed by atoms with E-state index in [9.17, 15) is 14.4 Å². The number of carbonyl (C=O) groups is 2. The van der Waals surface area contributed by atoms with Gasteiger partial charge in [-0.3, -0.25) is 19.0 Å². The van der Waals surface area contributed by atoms with E-state index in [1.807, 2.05) is 62.4 Å². The van der Waals surface area contributed by atoms with Crippen molar-refractivity contribution in [2.45, 2.75) is 33.7 Å². The minimum Gasteiger partial charge on any atom is -0.494 e. The van der Waals surface area contributed by atoms with Crippen LogP contribution >= 0.6 is 33.9 Å². The smallest absolute Gasteiger partial charge is 0.308 e. The highest BCUT2D eigenvalue weighted by molar-refractivity contribution is 14.1. The van der Waals surface area contributed by atoms with Crippen molar-refractivity contribution in [2.24, 2.45) is 4.99 Å². The van der Waals surface area contributed by atoms with Crippen molar-refractivity contribution in [1.82, 2.24) is 4.57 Å². The number of rotatable bonds is 9. The fraction of sp³-hybridized carbons (Fsp3) is 0.212. The quantitative estimate of drug-likeness (QED) is 0.145. The Morgan fingerprint density at radius 3 is 2.41 bits per heavy atom. The lowest BCUT2D eigenvalue weighted by molar-refractivity contribution is -0.132. The first kappa shape index (κ1) is 31.2. The molecule has 1 aliphatic heterocycles. The Hall–Kier alpha value is -4.23. The zero-order chi connectivity index (χ0) is 31.4. The van der Waals surface area contributed by atoms with Crippen LogP contribution < -0.4 is 34.4 Å². The molecule has 1 N–H and O–H groups in total. The average molecular weight is 724 g/mol. The first-order valence-corrected chi connectivity index (χ1v) is 15.9. The fourth-order valence-corrected chi connectivity index (χ4v) is 6.67. The van der Waals surface area contributed by atoms with E-state index in [0.29, 0.717) is 65.9 Å². The first-order valence-electron chi connectivity index (χ1n) is 14.0. The van der Waals surface area contributed by atoms with E-state index in [0.717, 1.165) is 5.56 Å². The Labute approximate surface area is 271 Å². The molecule has 4 aromatic rings. The Balaban J connectivity index is 1.65. The van der Waals surface area contributed by atoms with Crippen molar-refractivity contribution in [3.05, 3.63) is 112 Å². The summed E-state index contributed by atoms with van der Waals surface area (Å²) in [5.41, 5.74) is 2.67. The van der Waals surface area contributed by atoms with Crippen LogP contribution in [-0.2, 0) is 9.59 Å². The Bertz CT molecular complexity index is 1930. The average Bonchev–Trinajstić information content (AvgIpc) is 3.29. The molecule has 3 aromatic carbocycles. The minimum atomic E-state index is -0.724. The molecule has 0 fully saturated rings. The molecule has 1 aromatic heterocycles. The zero-order valence-electron chi connectivity index (χ0n) is 24.5. The number of nitrogens with one attached hydrogen (secondary N) is 1. The van der Waals surface area contributed by atoms with E-state index < -0.39 is 12.0 Å². The van der Waals surface area contributed by atoms with Gasteiger partial charge in [-0.2, -0.15) is 0 Å². The molecule has 9 nitrogen and oxygen atoms in total. The Kier molecular flexibility index (Phi) is 9.64. The van der Waals surface area contributed by atoms with E-state index >= 15 is 0 Å². The largest absolute Gasteiger partial charge is 0.494 e. The number of thiazole rings is 1. The summed E-state index contributed by atoms with van der Waals surface area (Å²) in [6.07, 6.45) is 1.75. The van der Waals surface area contributed by atoms with Crippen LogP contribution in [0.15, 0.2) is 87.8 Å². The molecule has 44 heavy (non-hydrogen) atoms. The topological polar surface area (TPSA) is 108 Å². The number of esters is 1. The number of anilines is 1. The molecule has 1 amide bonds. The number of hydrogen-bond donors (Lipinski definition) is 1. The van der Waals surface area contributed by atoms with Crippen LogP contribution in [0, 0.1) is 3.57 Å². The van der Waals surface area contributed by atoms with Crippen LogP contribution in [0.2, 0.25) is 0 Å². The zero-order valence-corrected chi connectivity index (χ0v) is 27.5. The third-order valence-electron chi connectivity index (χ3n) is 6.68. The fourth-order valence-electron chi connectivity index (χ4n) is 4.89. The van der Waals surface area contributed by atoms with Crippen molar-refractivity contribution >= 4 is 57.6 Å². The summed E-state index contributed by atoms with van der Waals surface area (Å²) >= 11 is 3.31. The minimum absolute atomic E-state index is 0.290. The number of benzene rings is 3. The summed E-state index contributed by atoms with van der Waals surface area (Å²) in [5, 5.41) is 2.96. The monoisotopic (exact) mass is 723 g/mol. The maximum absolute atomic E-state index is 14.1. The number of halogens is 1. The van der Waals surface area contributed by atoms with Gasteiger partial charge in [0.05, 0.1) is 38.6 Å². The second kappa shape index (κ2) is 13.6. The van der Waals surface area contributed by atoms with Crippen LogP contribution in [0.4, 0.5) is 5.69 Å². The lowest BCUT2D eigenvalue weighted by atomic mass is 9.95. The highest BCUT2D eigenvalue weighted by Gasteiger charge is 2.32. The van der Waals surface area contributed by atoms with E-state index in [-0.39, 0.29) is 11.5 Å². The van der Waals surface area contributed by atoms with Gasteiger partial charge in [-0.1, -0.05) is 41.7 Å². The summed E-state index contributed by atoms with van der Waals surface area (Å²) in [6, 6.07) is 19.4. The second-order valence-electron chi connectivity index (χ2n) is 9.76. The molecule has 226 valence electrons. The molecule has 0 saturated heterocycles. The Morgan fingerprint density at radius 1 is 1.05 bits per heavy atom. The number of nitrogens with zero attached hydrogens (tertiary/aromatic N) is 2. The van der Waals surface area contributed by atoms with Gasteiger partial charge in [-0.05, 0) is 97.0 Å². The normalized spacial score (nSPS) is 14.5.